The second-order valence-corrected chi connectivity index (χ2v) is 8.84. The third kappa shape index (κ3) is 4.42. The van der Waals surface area contributed by atoms with Crippen LogP contribution >= 0.6 is 0 Å². The highest BCUT2D eigenvalue weighted by molar-refractivity contribution is 7.89. The molecular formula is C18H24N2O5S. The van der Waals surface area contributed by atoms with Gasteiger partial charge in [-0.2, -0.15) is 4.31 Å². The molecule has 1 N–H and O–H groups in total. The Hall–Kier alpha value is -1.93. The predicted octanol–water partition coefficient (Wildman–Crippen LogP) is 1.54. The Morgan fingerprint density at radius 1 is 1.19 bits per heavy atom. The minimum Gasteiger partial charge on any atom is -0.452 e. The SMILES string of the molecule is C[C@@H](NC(=O)COC(=O)c1ccc(S(=O)(=O)N2CCCC2)cc1)C1CC1. The van der Waals surface area contributed by atoms with Gasteiger partial charge in [0, 0.05) is 19.1 Å². The third-order valence-corrected chi connectivity index (χ3v) is 6.76. The van der Waals surface area contributed by atoms with Crippen LogP contribution in [0.1, 0.15) is 43.0 Å². The molecule has 1 aliphatic heterocycles. The summed E-state index contributed by atoms with van der Waals surface area (Å²) in [7, 11) is -3.51. The first-order valence-electron chi connectivity index (χ1n) is 8.94. The van der Waals surface area contributed by atoms with Crippen LogP contribution in [0.25, 0.3) is 0 Å². The number of amides is 1. The maximum Gasteiger partial charge on any atom is 0.338 e. The molecule has 2 fully saturated rings. The Labute approximate surface area is 153 Å². The number of esters is 1. The fourth-order valence-corrected chi connectivity index (χ4v) is 4.58. The number of sulfonamides is 1. The molecule has 7 nitrogen and oxygen atoms in total. The van der Waals surface area contributed by atoms with Gasteiger partial charge in [-0.3, -0.25) is 4.79 Å². The first kappa shape index (κ1) is 18.8. The van der Waals surface area contributed by atoms with Crippen molar-refractivity contribution < 1.29 is 22.7 Å². The van der Waals surface area contributed by atoms with Crippen LogP contribution in [-0.2, 0) is 19.6 Å². The molecule has 1 saturated carbocycles. The van der Waals surface area contributed by atoms with Crippen molar-refractivity contribution in [2.75, 3.05) is 19.7 Å². The molecule has 1 aliphatic carbocycles. The third-order valence-electron chi connectivity index (χ3n) is 4.84. The normalized spacial score (nSPS) is 19.1. The van der Waals surface area contributed by atoms with Crippen molar-refractivity contribution >= 4 is 21.9 Å². The molecule has 1 atom stereocenters. The molecule has 1 amide bonds. The molecule has 26 heavy (non-hydrogen) atoms. The molecule has 0 spiro atoms. The molecule has 0 aromatic heterocycles. The number of benzene rings is 1. The molecule has 1 heterocycles. The highest BCUT2D eigenvalue weighted by Gasteiger charge is 2.29. The van der Waals surface area contributed by atoms with Crippen molar-refractivity contribution in [3.8, 4) is 0 Å². The zero-order valence-corrected chi connectivity index (χ0v) is 15.6. The quantitative estimate of drug-likeness (QED) is 0.725. The van der Waals surface area contributed by atoms with Crippen LogP contribution in [0.15, 0.2) is 29.2 Å². The van der Waals surface area contributed by atoms with Crippen molar-refractivity contribution in [2.45, 2.75) is 43.5 Å². The highest BCUT2D eigenvalue weighted by atomic mass is 32.2. The molecule has 1 aromatic carbocycles. The van der Waals surface area contributed by atoms with Gasteiger partial charge >= 0.3 is 5.97 Å². The van der Waals surface area contributed by atoms with Crippen LogP contribution in [0.3, 0.4) is 0 Å². The van der Waals surface area contributed by atoms with E-state index in [9.17, 15) is 18.0 Å². The molecule has 2 aliphatic rings. The first-order valence-corrected chi connectivity index (χ1v) is 10.4. The Morgan fingerprint density at radius 3 is 2.38 bits per heavy atom. The van der Waals surface area contributed by atoms with Crippen LogP contribution in [0.5, 0.6) is 0 Å². The van der Waals surface area contributed by atoms with Crippen LogP contribution < -0.4 is 5.32 Å². The second-order valence-electron chi connectivity index (χ2n) is 6.91. The van der Waals surface area contributed by atoms with Gasteiger partial charge in [0.2, 0.25) is 10.0 Å². The zero-order chi connectivity index (χ0) is 18.7. The summed E-state index contributed by atoms with van der Waals surface area (Å²) in [6, 6.07) is 5.72. The van der Waals surface area contributed by atoms with Gasteiger partial charge in [0.1, 0.15) is 0 Å². The van der Waals surface area contributed by atoms with E-state index < -0.39 is 16.0 Å². The standard InChI is InChI=1S/C18H24N2O5S/c1-13(14-4-5-14)19-17(21)12-25-18(22)15-6-8-16(9-7-15)26(23,24)20-10-2-3-11-20/h6-9,13-14H,2-5,10-12H2,1H3,(H,19,21)/t13-/m1/s1. The van der Waals surface area contributed by atoms with Crippen molar-refractivity contribution in [2.24, 2.45) is 5.92 Å². The summed E-state index contributed by atoms with van der Waals surface area (Å²) in [4.78, 5) is 24.0. The number of carbonyl (C=O) groups is 2. The molecule has 1 saturated heterocycles. The highest BCUT2D eigenvalue weighted by Crippen LogP contribution is 2.32. The Morgan fingerprint density at radius 2 is 1.81 bits per heavy atom. The molecule has 0 bridgehead atoms. The van der Waals surface area contributed by atoms with Crippen molar-refractivity contribution in [1.82, 2.24) is 9.62 Å². The summed E-state index contributed by atoms with van der Waals surface area (Å²) in [5, 5.41) is 2.81. The monoisotopic (exact) mass is 380 g/mol. The van der Waals surface area contributed by atoms with Crippen LogP contribution in [0.4, 0.5) is 0 Å². The second kappa shape index (κ2) is 7.75. The number of rotatable bonds is 7. The lowest BCUT2D eigenvalue weighted by Crippen LogP contribution is -2.37. The van der Waals surface area contributed by atoms with Gasteiger partial charge in [0.15, 0.2) is 6.61 Å². The average molecular weight is 380 g/mol. The maximum absolute atomic E-state index is 12.5. The van der Waals surface area contributed by atoms with E-state index in [0.717, 1.165) is 25.7 Å². The van der Waals surface area contributed by atoms with Gasteiger partial charge < -0.3 is 10.1 Å². The Kier molecular flexibility index (Phi) is 5.62. The van der Waals surface area contributed by atoms with E-state index in [0.29, 0.717) is 19.0 Å². The fourth-order valence-electron chi connectivity index (χ4n) is 3.06. The van der Waals surface area contributed by atoms with Crippen molar-refractivity contribution in [3.63, 3.8) is 0 Å². The van der Waals surface area contributed by atoms with E-state index in [1.807, 2.05) is 6.92 Å². The van der Waals surface area contributed by atoms with E-state index in [2.05, 4.69) is 5.32 Å². The molecule has 0 radical (unpaired) electrons. The Balaban J connectivity index is 1.54. The molecule has 1 aromatic rings. The van der Waals surface area contributed by atoms with Gasteiger partial charge in [-0.1, -0.05) is 0 Å². The van der Waals surface area contributed by atoms with E-state index in [4.69, 9.17) is 4.74 Å². The largest absolute Gasteiger partial charge is 0.452 e. The minimum absolute atomic E-state index is 0.0938. The molecular weight excluding hydrogens is 356 g/mol. The Bertz CT molecular complexity index is 765. The van der Waals surface area contributed by atoms with Crippen molar-refractivity contribution in [3.05, 3.63) is 29.8 Å². The van der Waals surface area contributed by atoms with Gasteiger partial charge in [-0.15, -0.1) is 0 Å². The van der Waals surface area contributed by atoms with Crippen LogP contribution in [-0.4, -0.2) is 50.3 Å². The summed E-state index contributed by atoms with van der Waals surface area (Å²) in [5.41, 5.74) is 0.216. The number of carbonyl (C=O) groups excluding carboxylic acids is 2. The first-order chi connectivity index (χ1) is 12.4. The summed E-state index contributed by atoms with van der Waals surface area (Å²) < 4.78 is 31.4. The van der Waals surface area contributed by atoms with Gasteiger partial charge in [0.05, 0.1) is 10.5 Å². The summed E-state index contributed by atoms with van der Waals surface area (Å²) >= 11 is 0. The molecule has 0 unspecified atom stereocenters. The number of nitrogens with zero attached hydrogens (tertiary/aromatic N) is 1. The number of nitrogens with one attached hydrogen (secondary N) is 1. The van der Waals surface area contributed by atoms with E-state index in [-0.39, 0.29) is 29.0 Å². The molecule has 8 heteroatoms. The topological polar surface area (TPSA) is 92.8 Å². The minimum atomic E-state index is -3.51. The predicted molar refractivity (Wildman–Crippen MR) is 95.0 cm³/mol. The smallest absolute Gasteiger partial charge is 0.338 e. The van der Waals surface area contributed by atoms with E-state index in [1.54, 1.807) is 0 Å². The van der Waals surface area contributed by atoms with Gasteiger partial charge in [-0.25, -0.2) is 13.2 Å². The van der Waals surface area contributed by atoms with Gasteiger partial charge in [-0.05, 0) is 62.8 Å². The molecule has 3 rings (SSSR count). The summed E-state index contributed by atoms with van der Waals surface area (Å²) in [6.45, 7) is 2.65. The van der Waals surface area contributed by atoms with Crippen molar-refractivity contribution in [1.29, 1.82) is 0 Å². The molecule has 142 valence electrons. The van der Waals surface area contributed by atoms with Crippen LogP contribution in [0.2, 0.25) is 0 Å². The maximum atomic E-state index is 12.5. The average Bonchev–Trinajstić information content (AvgIpc) is 3.33. The number of hydrogen-bond acceptors (Lipinski definition) is 5. The number of ether oxygens (including phenoxy) is 1. The van der Waals surface area contributed by atoms with E-state index >= 15 is 0 Å². The fraction of sp³-hybridized carbons (Fsp3) is 0.556. The summed E-state index contributed by atoms with van der Waals surface area (Å²) in [5.74, 6) is -0.449. The van der Waals surface area contributed by atoms with Crippen LogP contribution in [0, 0.1) is 5.92 Å². The number of hydrogen-bond donors (Lipinski definition) is 1. The summed E-state index contributed by atoms with van der Waals surface area (Å²) in [6.07, 6.45) is 3.97. The van der Waals surface area contributed by atoms with E-state index in [1.165, 1.54) is 28.6 Å². The van der Waals surface area contributed by atoms with Gasteiger partial charge in [0.25, 0.3) is 5.91 Å². The lowest BCUT2D eigenvalue weighted by Gasteiger charge is -2.15. The lowest BCUT2D eigenvalue weighted by atomic mass is 10.2. The zero-order valence-electron chi connectivity index (χ0n) is 14.8. The lowest BCUT2D eigenvalue weighted by molar-refractivity contribution is -0.124.